The van der Waals surface area contributed by atoms with Gasteiger partial charge in [-0.25, -0.2) is 4.21 Å². The first-order valence-corrected chi connectivity index (χ1v) is 14.5. The molecule has 1 atom stereocenters. The molecule has 2 N–H and O–H groups in total. The number of hydrogen-bond acceptors (Lipinski definition) is 5. The summed E-state index contributed by atoms with van der Waals surface area (Å²) in [5.74, 6) is 4.47. The largest absolute Gasteiger partial charge is 0.497 e. The highest BCUT2D eigenvalue weighted by Crippen LogP contribution is 2.36. The van der Waals surface area contributed by atoms with Crippen molar-refractivity contribution < 1.29 is 18.5 Å². The van der Waals surface area contributed by atoms with E-state index in [-0.39, 0.29) is 18.4 Å². The average molecular weight is 524 g/mol. The van der Waals surface area contributed by atoms with Crippen molar-refractivity contribution in [2.75, 3.05) is 13.7 Å². The van der Waals surface area contributed by atoms with Gasteiger partial charge in [0.15, 0.2) is 0 Å². The highest BCUT2D eigenvalue weighted by Gasteiger charge is 2.44. The Hall–Kier alpha value is -3.26. The van der Waals surface area contributed by atoms with Crippen LogP contribution in [0.1, 0.15) is 67.4 Å². The van der Waals surface area contributed by atoms with Crippen LogP contribution in [0.2, 0.25) is 0 Å². The van der Waals surface area contributed by atoms with Crippen LogP contribution in [0.25, 0.3) is 0 Å². The van der Waals surface area contributed by atoms with Crippen LogP contribution < -0.4 is 14.8 Å². The third kappa shape index (κ3) is 5.69. The number of fused-ring (bicyclic) bond motifs is 1. The maximum atomic E-state index is 13.3. The number of nitrogens with zero attached hydrogens (tertiary/aromatic N) is 1. The lowest BCUT2D eigenvalue weighted by Gasteiger charge is -2.37. The third-order valence-electron chi connectivity index (χ3n) is 7.36. The van der Waals surface area contributed by atoms with Crippen molar-refractivity contribution in [2.24, 2.45) is 0 Å². The third-order valence-corrected chi connectivity index (χ3v) is 8.97. The number of ether oxygens (including phenoxy) is 1. The first kappa shape index (κ1) is 26.8. The second kappa shape index (κ2) is 10.6. The molecule has 0 bridgehead atoms. The summed E-state index contributed by atoms with van der Waals surface area (Å²) in [5, 5.41) is 3.34. The number of methoxy groups -OCH3 is 1. The van der Waals surface area contributed by atoms with Crippen LogP contribution in [-0.2, 0) is 26.3 Å². The molecule has 0 aromatic heterocycles. The fourth-order valence-electron chi connectivity index (χ4n) is 5.16. The molecular formula is C29H37N3O4S. The van der Waals surface area contributed by atoms with Gasteiger partial charge in [0, 0.05) is 23.0 Å². The molecule has 1 fully saturated rings. The normalized spacial score (nSPS) is 19.1. The molecule has 8 heteroatoms. The van der Waals surface area contributed by atoms with Gasteiger partial charge < -0.3 is 10.1 Å². The van der Waals surface area contributed by atoms with Crippen LogP contribution in [0.15, 0.2) is 59.8 Å². The molecule has 1 aliphatic heterocycles. The first-order valence-electron chi connectivity index (χ1n) is 12.8. The monoisotopic (exact) mass is 523 g/mol. The van der Waals surface area contributed by atoms with Crippen LogP contribution in [0.3, 0.4) is 0 Å². The molecule has 0 saturated heterocycles. The molecule has 1 saturated carbocycles. The number of amides is 2. The van der Waals surface area contributed by atoms with Gasteiger partial charge in [0.2, 0.25) is 5.91 Å². The van der Waals surface area contributed by atoms with E-state index in [2.05, 4.69) is 22.5 Å². The zero-order valence-corrected chi connectivity index (χ0v) is 22.8. The van der Waals surface area contributed by atoms with Crippen molar-refractivity contribution in [1.29, 1.82) is 0 Å². The molecule has 1 heterocycles. The lowest BCUT2D eigenvalue weighted by Crippen LogP contribution is -2.52. The Morgan fingerprint density at radius 2 is 1.78 bits per heavy atom. The van der Waals surface area contributed by atoms with E-state index in [4.69, 9.17) is 4.74 Å². The summed E-state index contributed by atoms with van der Waals surface area (Å²) in [6.45, 7) is 7.91. The zero-order chi connectivity index (χ0) is 26.8. The number of carbonyl (C=O) groups is 2. The highest BCUT2D eigenvalue weighted by molar-refractivity contribution is 7.98. The summed E-state index contributed by atoms with van der Waals surface area (Å²) in [6.07, 6.45) is 6.31. The topological polar surface area (TPSA) is 87.7 Å². The van der Waals surface area contributed by atoms with E-state index >= 15 is 0 Å². The van der Waals surface area contributed by atoms with Crippen molar-refractivity contribution in [3.63, 3.8) is 0 Å². The van der Waals surface area contributed by atoms with Gasteiger partial charge in [0.05, 0.1) is 22.2 Å². The van der Waals surface area contributed by atoms with Gasteiger partial charge in [0.25, 0.3) is 5.91 Å². The minimum Gasteiger partial charge on any atom is -0.497 e. The van der Waals surface area contributed by atoms with Gasteiger partial charge in [-0.2, -0.15) is 0 Å². The Kier molecular flexibility index (Phi) is 7.69. The molecule has 2 amide bonds. The number of hydrogen-bond donors (Lipinski definition) is 2. The van der Waals surface area contributed by atoms with Gasteiger partial charge >= 0.3 is 0 Å². The maximum absolute atomic E-state index is 13.3. The average Bonchev–Trinajstić information content (AvgIpc) is 2.88. The summed E-state index contributed by atoms with van der Waals surface area (Å²) in [5.41, 5.74) is 1.30. The Balaban J connectivity index is 1.41. The smallest absolute Gasteiger partial charge is 0.260 e. The van der Waals surface area contributed by atoms with Gasteiger partial charge in [-0.1, -0.05) is 44.0 Å². The Labute approximate surface area is 220 Å². The number of imide groups is 1. The SMILES string of the molecule is C=C(NC1CCCCC1)NS(=C)(=O)c1ccc(CCN2C(=O)c3cc(OC)ccc3C(C)(C)C2=O)cc1. The summed E-state index contributed by atoms with van der Waals surface area (Å²) in [7, 11) is -1.23. The number of rotatable bonds is 9. The maximum Gasteiger partial charge on any atom is 0.260 e. The highest BCUT2D eigenvalue weighted by atomic mass is 32.2. The predicted octanol–water partition coefficient (Wildman–Crippen LogP) is 4.17. The van der Waals surface area contributed by atoms with Crippen LogP contribution in [0.4, 0.5) is 0 Å². The molecule has 37 heavy (non-hydrogen) atoms. The van der Waals surface area contributed by atoms with E-state index in [1.54, 1.807) is 37.4 Å². The second-order valence-electron chi connectivity index (χ2n) is 10.4. The minimum atomic E-state index is -2.78. The summed E-state index contributed by atoms with van der Waals surface area (Å²) >= 11 is 0. The molecule has 1 unspecified atom stereocenters. The van der Waals surface area contributed by atoms with Crippen LogP contribution in [0.5, 0.6) is 5.75 Å². The molecule has 1 aliphatic carbocycles. The van der Waals surface area contributed by atoms with Gasteiger partial charge in [-0.05, 0) is 74.4 Å². The lowest BCUT2D eigenvalue weighted by molar-refractivity contribution is -0.134. The standard InChI is InChI=1S/C29H37N3O4S/c1-20(30-22-9-7-6-8-10-22)31-37(5,35)24-14-11-21(12-15-24)17-18-32-27(33)25-19-23(36-4)13-16-26(25)29(2,3)28(32)34/h11-16,19,22,30H,1,5-10,17-18H2,2-4H3,(H,31,35). The molecular weight excluding hydrogens is 486 g/mol. The predicted molar refractivity (Wildman–Crippen MR) is 148 cm³/mol. The molecule has 2 aliphatic rings. The van der Waals surface area contributed by atoms with Gasteiger partial charge in [-0.3, -0.25) is 19.2 Å². The van der Waals surface area contributed by atoms with E-state index < -0.39 is 15.1 Å². The Bertz CT molecular complexity index is 1290. The van der Waals surface area contributed by atoms with Crippen molar-refractivity contribution in [2.45, 2.75) is 68.7 Å². The first-order chi connectivity index (χ1) is 17.5. The van der Waals surface area contributed by atoms with Crippen molar-refractivity contribution in [3.05, 3.63) is 71.6 Å². The Morgan fingerprint density at radius 1 is 1.11 bits per heavy atom. The molecule has 7 nitrogen and oxygen atoms in total. The van der Waals surface area contributed by atoms with E-state index in [0.717, 1.165) is 18.4 Å². The van der Waals surface area contributed by atoms with E-state index in [0.29, 0.717) is 40.1 Å². The van der Waals surface area contributed by atoms with Crippen LogP contribution >= 0.6 is 0 Å². The second-order valence-corrected chi connectivity index (χ2v) is 12.5. The molecule has 2 aromatic carbocycles. The molecule has 0 radical (unpaired) electrons. The minimum absolute atomic E-state index is 0.222. The van der Waals surface area contributed by atoms with Gasteiger partial charge in [0.1, 0.15) is 11.6 Å². The molecule has 4 rings (SSSR count). The molecule has 198 valence electrons. The fraction of sp³-hybridized carbons (Fsp3) is 0.414. The zero-order valence-electron chi connectivity index (χ0n) is 22.0. The summed E-state index contributed by atoms with van der Waals surface area (Å²) in [6, 6.07) is 12.9. The quantitative estimate of drug-likeness (QED) is 0.381. The molecule has 0 spiro atoms. The van der Waals surface area contributed by atoms with Gasteiger partial charge in [-0.15, -0.1) is 0 Å². The summed E-state index contributed by atoms with van der Waals surface area (Å²) < 4.78 is 21.5. The lowest BCUT2D eigenvalue weighted by atomic mass is 9.77. The number of nitrogens with one attached hydrogen (secondary N) is 2. The molecule has 2 aromatic rings. The Morgan fingerprint density at radius 3 is 2.43 bits per heavy atom. The van der Waals surface area contributed by atoms with Crippen molar-refractivity contribution in [1.82, 2.24) is 14.9 Å². The fourth-order valence-corrected chi connectivity index (χ4v) is 6.31. The van der Waals surface area contributed by atoms with E-state index in [9.17, 15) is 13.8 Å². The van der Waals surface area contributed by atoms with E-state index in [1.165, 1.54) is 24.2 Å². The summed E-state index contributed by atoms with van der Waals surface area (Å²) in [4.78, 5) is 28.3. The van der Waals surface area contributed by atoms with Crippen molar-refractivity contribution >= 4 is 27.4 Å². The van der Waals surface area contributed by atoms with E-state index in [1.807, 2.05) is 26.0 Å². The van der Waals surface area contributed by atoms with Crippen LogP contribution in [0, 0.1) is 0 Å². The number of carbonyl (C=O) groups excluding carboxylic acids is 2. The van der Waals surface area contributed by atoms with Crippen LogP contribution in [-0.4, -0.2) is 46.5 Å². The van der Waals surface area contributed by atoms with Crippen molar-refractivity contribution in [3.8, 4) is 5.75 Å². The number of benzene rings is 2.